The van der Waals surface area contributed by atoms with Gasteiger partial charge in [0, 0.05) is 31.4 Å². The van der Waals surface area contributed by atoms with Gasteiger partial charge in [0.1, 0.15) is 0 Å². The minimum Gasteiger partial charge on any atom is -0.356 e. The first kappa shape index (κ1) is 31.0. The molecule has 0 spiro atoms. The number of rotatable bonds is 17. The van der Waals surface area contributed by atoms with Crippen molar-refractivity contribution in [3.63, 3.8) is 0 Å². The first-order valence-corrected chi connectivity index (χ1v) is 14.4. The number of hydrogen-bond acceptors (Lipinski definition) is 3. The monoisotopic (exact) mass is 517 g/mol. The zero-order chi connectivity index (χ0) is 27.1. The van der Waals surface area contributed by atoms with E-state index in [-0.39, 0.29) is 17.9 Å². The van der Waals surface area contributed by atoms with E-state index >= 15 is 0 Å². The van der Waals surface area contributed by atoms with Crippen molar-refractivity contribution in [2.24, 2.45) is 5.92 Å². The number of carbonyl (C=O) groups excluding carboxylic acids is 2. The lowest BCUT2D eigenvalue weighted by molar-refractivity contribution is -0.121. The van der Waals surface area contributed by atoms with Crippen LogP contribution < -0.4 is 10.6 Å². The van der Waals surface area contributed by atoms with Crippen molar-refractivity contribution in [2.45, 2.75) is 90.0 Å². The maximum atomic E-state index is 12.3. The Morgan fingerprint density at radius 3 is 2.05 bits per heavy atom. The van der Waals surface area contributed by atoms with Crippen molar-refractivity contribution in [3.8, 4) is 0 Å². The van der Waals surface area contributed by atoms with E-state index in [0.717, 1.165) is 77.2 Å². The Morgan fingerprint density at radius 1 is 0.868 bits per heavy atom. The molecule has 1 aromatic rings. The molecule has 0 aliphatic heterocycles. The summed E-state index contributed by atoms with van der Waals surface area (Å²) in [5.74, 6) is 0.586. The van der Waals surface area contributed by atoms with Gasteiger partial charge in [0.2, 0.25) is 5.91 Å². The quantitative estimate of drug-likeness (QED) is 0.167. The molecule has 0 aromatic carbocycles. The summed E-state index contributed by atoms with van der Waals surface area (Å²) in [5, 5.41) is 6.22. The predicted molar refractivity (Wildman–Crippen MR) is 159 cm³/mol. The van der Waals surface area contributed by atoms with Crippen molar-refractivity contribution in [3.05, 3.63) is 90.9 Å². The Labute approximate surface area is 230 Å². The lowest BCUT2D eigenvalue weighted by Crippen LogP contribution is -2.39. The molecule has 1 fully saturated rings. The van der Waals surface area contributed by atoms with Crippen molar-refractivity contribution in [2.75, 3.05) is 6.54 Å². The summed E-state index contributed by atoms with van der Waals surface area (Å²) >= 11 is 0. The van der Waals surface area contributed by atoms with Crippen LogP contribution in [0, 0.1) is 5.92 Å². The van der Waals surface area contributed by atoms with Crippen LogP contribution >= 0.6 is 0 Å². The van der Waals surface area contributed by atoms with Gasteiger partial charge in [-0.2, -0.15) is 0 Å². The molecule has 1 heterocycles. The average molecular weight is 518 g/mol. The molecule has 0 saturated heterocycles. The number of allylic oxidation sites excluding steroid dienone is 10. The highest BCUT2D eigenvalue weighted by atomic mass is 16.2. The Kier molecular flexibility index (Phi) is 17.0. The maximum Gasteiger partial charge on any atom is 0.253 e. The third-order valence-corrected chi connectivity index (χ3v) is 6.63. The summed E-state index contributed by atoms with van der Waals surface area (Å²) in [7, 11) is 0. The molecule has 38 heavy (non-hydrogen) atoms. The second-order valence-corrected chi connectivity index (χ2v) is 9.84. The molecule has 5 nitrogen and oxygen atoms in total. The van der Waals surface area contributed by atoms with E-state index < -0.39 is 0 Å². The highest BCUT2D eigenvalue weighted by molar-refractivity contribution is 5.94. The number of pyridine rings is 1. The van der Waals surface area contributed by atoms with Crippen molar-refractivity contribution in [1.82, 2.24) is 15.6 Å². The van der Waals surface area contributed by atoms with Crippen molar-refractivity contribution in [1.29, 1.82) is 0 Å². The lowest BCUT2D eigenvalue weighted by atomic mass is 9.86. The zero-order valence-electron chi connectivity index (χ0n) is 23.2. The van der Waals surface area contributed by atoms with Crippen LogP contribution in [-0.4, -0.2) is 29.4 Å². The molecule has 0 bridgehead atoms. The highest BCUT2D eigenvalue weighted by Gasteiger charge is 2.23. The summed E-state index contributed by atoms with van der Waals surface area (Å²) in [4.78, 5) is 28.5. The van der Waals surface area contributed by atoms with E-state index in [0.29, 0.717) is 17.9 Å². The molecule has 0 atom stereocenters. The first-order chi connectivity index (χ1) is 18.7. The minimum atomic E-state index is -0.0534. The maximum absolute atomic E-state index is 12.3. The molecule has 2 rings (SSSR count). The fourth-order valence-electron chi connectivity index (χ4n) is 4.37. The summed E-state index contributed by atoms with van der Waals surface area (Å²) in [6.07, 6.45) is 36.6. The smallest absolute Gasteiger partial charge is 0.253 e. The molecule has 5 heteroatoms. The first-order valence-electron chi connectivity index (χ1n) is 14.4. The standard InChI is InChI=1S/C33H47N3O2/c1-2-3-4-5-6-7-8-9-10-11-12-13-14-15-16-17-18-21-32(37)35-27-29-22-24-31(25-23-29)36-33(38)30-20-19-26-34-28-30/h3-4,6-7,9-10,12-13,15-16,19-20,26,28-29,31H,2,5,8,11,14,17-18,21-25,27H2,1H3,(H,35,37)(H,36,38)/b4-3-,7-6-,10-9-,13-12-,16-15-. The van der Waals surface area contributed by atoms with E-state index in [1.54, 1.807) is 24.5 Å². The third kappa shape index (κ3) is 15.1. The SMILES string of the molecule is CC/C=C\C/C=C\C/C=C\C/C=C\C/C=C\CCCC(=O)NCC1CCC(NC(=O)c2cccnc2)CC1. The van der Waals surface area contributed by atoms with Gasteiger partial charge in [-0.3, -0.25) is 14.6 Å². The van der Waals surface area contributed by atoms with Crippen LogP contribution in [0.4, 0.5) is 0 Å². The molecule has 1 saturated carbocycles. The Balaban J connectivity index is 1.43. The van der Waals surface area contributed by atoms with Crippen LogP contribution in [0.2, 0.25) is 0 Å². The molecule has 1 aliphatic carbocycles. The number of unbranched alkanes of at least 4 members (excludes halogenated alkanes) is 1. The van der Waals surface area contributed by atoms with Gasteiger partial charge >= 0.3 is 0 Å². The Bertz CT molecular complexity index is 923. The normalized spacial score (nSPS) is 18.3. The predicted octanol–water partition coefficient (Wildman–Crippen LogP) is 7.41. The fourth-order valence-corrected chi connectivity index (χ4v) is 4.37. The largest absolute Gasteiger partial charge is 0.356 e. The third-order valence-electron chi connectivity index (χ3n) is 6.63. The van der Waals surface area contributed by atoms with Crippen LogP contribution in [0.15, 0.2) is 85.3 Å². The second kappa shape index (κ2) is 20.8. The molecule has 206 valence electrons. The van der Waals surface area contributed by atoms with Crippen LogP contribution in [0.3, 0.4) is 0 Å². The Hall–Kier alpha value is -3.21. The summed E-state index contributed by atoms with van der Waals surface area (Å²) in [6.45, 7) is 2.89. The van der Waals surface area contributed by atoms with Crippen LogP contribution in [0.1, 0.15) is 94.3 Å². The minimum absolute atomic E-state index is 0.0534. The van der Waals surface area contributed by atoms with E-state index in [1.165, 1.54) is 0 Å². The van der Waals surface area contributed by atoms with Gasteiger partial charge in [0.15, 0.2) is 0 Å². The van der Waals surface area contributed by atoms with Gasteiger partial charge in [0.25, 0.3) is 5.91 Å². The van der Waals surface area contributed by atoms with Crippen molar-refractivity contribution >= 4 is 11.8 Å². The number of amides is 2. The van der Waals surface area contributed by atoms with E-state index in [4.69, 9.17) is 0 Å². The second-order valence-electron chi connectivity index (χ2n) is 9.84. The van der Waals surface area contributed by atoms with Crippen LogP contribution in [0.25, 0.3) is 0 Å². The molecular formula is C33H47N3O2. The summed E-state index contributed by atoms with van der Waals surface area (Å²) in [5.41, 5.74) is 0.603. The Morgan fingerprint density at radius 2 is 1.47 bits per heavy atom. The molecule has 2 amide bonds. The average Bonchev–Trinajstić information content (AvgIpc) is 2.94. The van der Waals surface area contributed by atoms with Gasteiger partial charge in [-0.05, 0) is 88.7 Å². The zero-order valence-corrected chi connectivity index (χ0v) is 23.2. The lowest BCUT2D eigenvalue weighted by Gasteiger charge is -2.29. The number of carbonyl (C=O) groups is 2. The van der Waals surface area contributed by atoms with Crippen LogP contribution in [0.5, 0.6) is 0 Å². The van der Waals surface area contributed by atoms with E-state index in [9.17, 15) is 9.59 Å². The van der Waals surface area contributed by atoms with Gasteiger partial charge in [-0.15, -0.1) is 0 Å². The summed E-state index contributed by atoms with van der Waals surface area (Å²) in [6, 6.07) is 3.77. The number of hydrogen-bond donors (Lipinski definition) is 2. The molecule has 1 aromatic heterocycles. The van der Waals surface area contributed by atoms with E-state index in [2.05, 4.69) is 83.3 Å². The van der Waals surface area contributed by atoms with Crippen molar-refractivity contribution < 1.29 is 9.59 Å². The summed E-state index contributed by atoms with van der Waals surface area (Å²) < 4.78 is 0. The molecule has 1 aliphatic rings. The molecule has 2 N–H and O–H groups in total. The van der Waals surface area contributed by atoms with Crippen LogP contribution in [-0.2, 0) is 4.79 Å². The molecule has 0 radical (unpaired) electrons. The van der Waals surface area contributed by atoms with Gasteiger partial charge in [0.05, 0.1) is 5.56 Å². The fraction of sp³-hybridized carbons (Fsp3) is 0.485. The topological polar surface area (TPSA) is 71.1 Å². The molecule has 0 unspecified atom stereocenters. The number of aromatic nitrogens is 1. The van der Waals surface area contributed by atoms with Gasteiger partial charge < -0.3 is 10.6 Å². The van der Waals surface area contributed by atoms with Gasteiger partial charge in [-0.25, -0.2) is 0 Å². The number of nitrogens with one attached hydrogen (secondary N) is 2. The molecular weight excluding hydrogens is 470 g/mol. The number of nitrogens with zero attached hydrogens (tertiary/aromatic N) is 1. The van der Waals surface area contributed by atoms with E-state index in [1.807, 2.05) is 0 Å². The highest BCUT2D eigenvalue weighted by Crippen LogP contribution is 2.24. The van der Waals surface area contributed by atoms with Gasteiger partial charge in [-0.1, -0.05) is 67.7 Å².